The Hall–Kier alpha value is -2.96. The Labute approximate surface area is 175 Å². The van der Waals surface area contributed by atoms with Crippen LogP contribution in [0.2, 0.25) is 0 Å². The lowest BCUT2D eigenvalue weighted by Crippen LogP contribution is -2.17. The van der Waals surface area contributed by atoms with Crippen LogP contribution < -0.4 is 4.74 Å². The minimum Gasteiger partial charge on any atom is -0.507 e. The fourth-order valence-electron chi connectivity index (χ4n) is 3.44. The first-order valence-electron chi connectivity index (χ1n) is 10.3. The van der Waals surface area contributed by atoms with Crippen LogP contribution in [0, 0.1) is 12.8 Å². The molecule has 0 heterocycles. The van der Waals surface area contributed by atoms with Gasteiger partial charge >= 0.3 is 11.9 Å². The molecule has 0 spiro atoms. The largest absolute Gasteiger partial charge is 0.507 e. The van der Waals surface area contributed by atoms with Gasteiger partial charge in [-0.15, -0.1) is 0 Å². The average molecular weight is 418 g/mol. The Morgan fingerprint density at radius 3 is 2.30 bits per heavy atom. The molecule has 1 unspecified atom stereocenters. The van der Waals surface area contributed by atoms with Gasteiger partial charge in [-0.05, 0) is 55.9 Å². The van der Waals surface area contributed by atoms with Crippen molar-refractivity contribution >= 4 is 22.7 Å². The fourth-order valence-corrected chi connectivity index (χ4v) is 3.44. The van der Waals surface area contributed by atoms with E-state index in [1.807, 2.05) is 6.92 Å². The number of benzene rings is 2. The zero-order valence-corrected chi connectivity index (χ0v) is 17.7. The summed E-state index contributed by atoms with van der Waals surface area (Å²) in [5.74, 6) is -2.29. The number of hydrogen-bond acceptors (Lipinski definition) is 6. The highest BCUT2D eigenvalue weighted by Gasteiger charge is 2.23. The molecule has 164 valence electrons. The molecule has 0 aliphatic heterocycles. The van der Waals surface area contributed by atoms with Crippen LogP contribution in [0.4, 0.5) is 0 Å². The molecular weight excluding hydrogens is 388 g/mol. The second-order valence-corrected chi connectivity index (χ2v) is 7.67. The Morgan fingerprint density at radius 2 is 1.67 bits per heavy atom. The molecule has 0 radical (unpaired) electrons. The number of aryl methyl sites for hydroxylation is 1. The molecule has 2 aromatic rings. The highest BCUT2D eigenvalue weighted by molar-refractivity contribution is 6.03. The maximum Gasteiger partial charge on any atom is 0.314 e. The van der Waals surface area contributed by atoms with E-state index in [9.17, 15) is 24.9 Å². The molecule has 0 saturated carbocycles. The van der Waals surface area contributed by atoms with Crippen LogP contribution in [0.25, 0.3) is 10.8 Å². The number of hydrogen-bond donors (Lipinski definition) is 4. The number of carbonyl (C=O) groups is 2. The minimum absolute atomic E-state index is 0.0495. The molecule has 30 heavy (non-hydrogen) atoms. The van der Waals surface area contributed by atoms with Gasteiger partial charge in [0.1, 0.15) is 11.5 Å². The molecular formula is C23H30O7. The number of ether oxygens (including phenoxy) is 1. The molecule has 7 heteroatoms. The lowest BCUT2D eigenvalue weighted by atomic mass is 9.92. The monoisotopic (exact) mass is 418 g/mol. The summed E-state index contributed by atoms with van der Waals surface area (Å²) >= 11 is 0. The molecule has 2 aromatic carbocycles. The number of unbranched alkanes of at least 4 members (excludes halogenated alkanes) is 3. The van der Waals surface area contributed by atoms with Crippen molar-refractivity contribution in [2.24, 2.45) is 5.92 Å². The third-order valence-electron chi connectivity index (χ3n) is 5.51. The SMILES string of the molecule is CCC(C)C(=O)Oc1ccc(O)c2c(O)c(O)c(C)c(CCCCCCC(=O)O)c12. The summed E-state index contributed by atoms with van der Waals surface area (Å²) in [5, 5.41) is 40.3. The third kappa shape index (κ3) is 5.14. The zero-order chi connectivity index (χ0) is 22.4. The van der Waals surface area contributed by atoms with Gasteiger partial charge < -0.3 is 25.2 Å². The topological polar surface area (TPSA) is 124 Å². The smallest absolute Gasteiger partial charge is 0.314 e. The number of fused-ring (bicyclic) bond motifs is 1. The van der Waals surface area contributed by atoms with Crippen LogP contribution in [0.5, 0.6) is 23.0 Å². The van der Waals surface area contributed by atoms with E-state index < -0.39 is 17.7 Å². The molecule has 0 aliphatic rings. The highest BCUT2D eigenvalue weighted by Crippen LogP contribution is 2.47. The van der Waals surface area contributed by atoms with Crippen molar-refractivity contribution in [3.63, 3.8) is 0 Å². The Bertz CT molecular complexity index is 933. The normalized spacial score (nSPS) is 12.1. The van der Waals surface area contributed by atoms with Gasteiger partial charge in [0.2, 0.25) is 0 Å². The number of rotatable bonds is 10. The zero-order valence-electron chi connectivity index (χ0n) is 17.7. The molecule has 4 N–H and O–H groups in total. The lowest BCUT2D eigenvalue weighted by molar-refractivity contribution is -0.138. The van der Waals surface area contributed by atoms with Gasteiger partial charge in [-0.1, -0.05) is 26.7 Å². The number of carboxylic acid groups (broad SMARTS) is 1. The third-order valence-corrected chi connectivity index (χ3v) is 5.51. The van der Waals surface area contributed by atoms with Crippen LogP contribution >= 0.6 is 0 Å². The van der Waals surface area contributed by atoms with Gasteiger partial charge in [-0.2, -0.15) is 0 Å². The Kier molecular flexibility index (Phi) is 7.92. The standard InChI is InChI=1S/C23H30O7/c1-4-13(2)23(29)30-17-12-11-16(24)20-19(17)15(14(3)21(27)22(20)28)9-7-5-6-8-10-18(25)26/h11-13,24,27-28H,4-10H2,1-3H3,(H,25,26). The van der Waals surface area contributed by atoms with Crippen molar-refractivity contribution in [1.29, 1.82) is 0 Å². The summed E-state index contributed by atoms with van der Waals surface area (Å²) in [7, 11) is 0. The molecule has 0 fully saturated rings. The van der Waals surface area contributed by atoms with E-state index in [4.69, 9.17) is 9.84 Å². The predicted molar refractivity (Wildman–Crippen MR) is 113 cm³/mol. The van der Waals surface area contributed by atoms with E-state index in [0.29, 0.717) is 42.2 Å². The number of phenols is 3. The highest BCUT2D eigenvalue weighted by atomic mass is 16.5. The first-order chi connectivity index (χ1) is 14.2. The van der Waals surface area contributed by atoms with E-state index in [-0.39, 0.29) is 35.0 Å². The number of carbonyl (C=O) groups excluding carboxylic acids is 1. The molecule has 7 nitrogen and oxygen atoms in total. The minimum atomic E-state index is -0.816. The predicted octanol–water partition coefficient (Wildman–Crippen LogP) is 4.79. The van der Waals surface area contributed by atoms with Crippen molar-refractivity contribution in [2.45, 2.75) is 65.7 Å². The molecule has 0 bridgehead atoms. The Morgan fingerprint density at radius 1 is 1.00 bits per heavy atom. The lowest BCUT2D eigenvalue weighted by Gasteiger charge is -2.19. The van der Waals surface area contributed by atoms with E-state index in [1.165, 1.54) is 12.1 Å². The summed E-state index contributed by atoms with van der Waals surface area (Å²) in [6, 6.07) is 2.82. The molecule has 1 atom stereocenters. The molecule has 0 aliphatic carbocycles. The molecule has 2 rings (SSSR count). The van der Waals surface area contributed by atoms with E-state index in [0.717, 1.165) is 12.8 Å². The maximum atomic E-state index is 12.4. The molecule has 0 amide bonds. The summed E-state index contributed by atoms with van der Waals surface area (Å²) in [6.07, 6.45) is 4.11. The van der Waals surface area contributed by atoms with Gasteiger partial charge in [-0.3, -0.25) is 9.59 Å². The van der Waals surface area contributed by atoms with Crippen molar-refractivity contribution in [3.05, 3.63) is 23.3 Å². The van der Waals surface area contributed by atoms with Gasteiger partial charge in [-0.25, -0.2) is 0 Å². The fraction of sp³-hybridized carbons (Fsp3) is 0.478. The van der Waals surface area contributed by atoms with Crippen molar-refractivity contribution < 1.29 is 34.8 Å². The molecule has 0 saturated heterocycles. The van der Waals surface area contributed by atoms with Crippen LogP contribution in [-0.2, 0) is 16.0 Å². The van der Waals surface area contributed by atoms with E-state index in [1.54, 1.807) is 13.8 Å². The van der Waals surface area contributed by atoms with Crippen molar-refractivity contribution in [3.8, 4) is 23.0 Å². The maximum absolute atomic E-state index is 12.4. The van der Waals surface area contributed by atoms with E-state index >= 15 is 0 Å². The van der Waals surface area contributed by atoms with Crippen LogP contribution in [0.15, 0.2) is 12.1 Å². The van der Waals surface area contributed by atoms with Crippen LogP contribution in [0.1, 0.15) is 63.5 Å². The number of esters is 1. The number of phenolic OH excluding ortho intramolecular Hbond substituents is 3. The first-order valence-corrected chi connectivity index (χ1v) is 10.3. The summed E-state index contributed by atoms with van der Waals surface area (Å²) in [5.41, 5.74) is 1.14. The second kappa shape index (κ2) is 10.2. The van der Waals surface area contributed by atoms with Crippen LogP contribution in [0.3, 0.4) is 0 Å². The molecule has 0 aromatic heterocycles. The quantitative estimate of drug-likeness (QED) is 0.189. The summed E-state index contributed by atoms with van der Waals surface area (Å²) in [6.45, 7) is 5.31. The number of aromatic hydroxyl groups is 3. The average Bonchev–Trinajstić information content (AvgIpc) is 2.71. The van der Waals surface area contributed by atoms with E-state index in [2.05, 4.69) is 0 Å². The van der Waals surface area contributed by atoms with Crippen LogP contribution in [-0.4, -0.2) is 32.4 Å². The van der Waals surface area contributed by atoms with Gasteiger partial charge in [0.25, 0.3) is 0 Å². The summed E-state index contributed by atoms with van der Waals surface area (Å²) in [4.78, 5) is 23.0. The van der Waals surface area contributed by atoms with Gasteiger partial charge in [0.05, 0.1) is 11.3 Å². The summed E-state index contributed by atoms with van der Waals surface area (Å²) < 4.78 is 5.59. The number of aliphatic carboxylic acids is 1. The van der Waals surface area contributed by atoms with Gasteiger partial charge in [0, 0.05) is 11.8 Å². The second-order valence-electron chi connectivity index (χ2n) is 7.67. The van der Waals surface area contributed by atoms with Crippen molar-refractivity contribution in [2.75, 3.05) is 0 Å². The first kappa shape index (κ1) is 23.3. The van der Waals surface area contributed by atoms with Gasteiger partial charge in [0.15, 0.2) is 11.5 Å². The van der Waals surface area contributed by atoms with Crippen molar-refractivity contribution in [1.82, 2.24) is 0 Å². The Balaban J connectivity index is 2.42. The number of carboxylic acids is 1.